The fourth-order valence-corrected chi connectivity index (χ4v) is 1.80. The lowest BCUT2D eigenvalue weighted by Gasteiger charge is -2.06. The van der Waals surface area contributed by atoms with Crippen molar-refractivity contribution in [1.82, 2.24) is 9.97 Å². The van der Waals surface area contributed by atoms with E-state index in [0.717, 1.165) is 11.1 Å². The Labute approximate surface area is 86.1 Å². The van der Waals surface area contributed by atoms with Crippen LogP contribution in [0.15, 0.2) is 29.2 Å². The molecule has 2 heterocycles. The van der Waals surface area contributed by atoms with Gasteiger partial charge in [0.15, 0.2) is 5.82 Å². The number of aliphatic hydroxyl groups is 1. The van der Waals surface area contributed by atoms with Gasteiger partial charge >= 0.3 is 0 Å². The fourth-order valence-electron chi connectivity index (χ4n) is 1.12. The molecule has 0 spiro atoms. The highest BCUT2D eigenvalue weighted by molar-refractivity contribution is 7.07. The largest absolute Gasteiger partial charge is 0.380 e. The standard InChI is InChI=1S/C10H10N2OS/c1-7-4-11-10(12-5-7)9(13)8-2-3-14-6-8/h2-6,9,13H,1H3. The Morgan fingerprint density at radius 3 is 2.64 bits per heavy atom. The highest BCUT2D eigenvalue weighted by Crippen LogP contribution is 2.20. The average molecular weight is 206 g/mol. The summed E-state index contributed by atoms with van der Waals surface area (Å²) < 4.78 is 0. The van der Waals surface area contributed by atoms with Gasteiger partial charge in [-0.2, -0.15) is 11.3 Å². The van der Waals surface area contributed by atoms with Crippen LogP contribution >= 0.6 is 11.3 Å². The summed E-state index contributed by atoms with van der Waals surface area (Å²) in [4.78, 5) is 8.16. The Kier molecular flexibility index (Phi) is 2.56. The molecule has 0 aromatic carbocycles. The van der Waals surface area contributed by atoms with E-state index in [-0.39, 0.29) is 0 Å². The molecular formula is C10H10N2OS. The molecule has 0 saturated heterocycles. The van der Waals surface area contributed by atoms with Crippen LogP contribution in [0.4, 0.5) is 0 Å². The van der Waals surface area contributed by atoms with Gasteiger partial charge in [-0.1, -0.05) is 0 Å². The Balaban J connectivity index is 2.28. The Morgan fingerprint density at radius 1 is 1.36 bits per heavy atom. The summed E-state index contributed by atoms with van der Waals surface area (Å²) in [5.41, 5.74) is 1.84. The van der Waals surface area contributed by atoms with Gasteiger partial charge in [0.2, 0.25) is 0 Å². The molecule has 72 valence electrons. The van der Waals surface area contributed by atoms with Gasteiger partial charge in [0, 0.05) is 12.4 Å². The third-order valence-corrected chi connectivity index (χ3v) is 2.61. The summed E-state index contributed by atoms with van der Waals surface area (Å²) in [6.45, 7) is 1.92. The molecule has 0 aliphatic rings. The lowest BCUT2D eigenvalue weighted by Crippen LogP contribution is -2.03. The molecule has 0 amide bonds. The minimum atomic E-state index is -0.707. The van der Waals surface area contributed by atoms with Gasteiger partial charge in [0.05, 0.1) is 0 Å². The molecule has 1 N–H and O–H groups in total. The first-order valence-electron chi connectivity index (χ1n) is 4.26. The van der Waals surface area contributed by atoms with Crippen LogP contribution < -0.4 is 0 Å². The van der Waals surface area contributed by atoms with Gasteiger partial charge in [-0.15, -0.1) is 0 Å². The minimum Gasteiger partial charge on any atom is -0.380 e. The van der Waals surface area contributed by atoms with E-state index in [0.29, 0.717) is 5.82 Å². The second kappa shape index (κ2) is 3.86. The average Bonchev–Trinajstić information content (AvgIpc) is 2.71. The van der Waals surface area contributed by atoms with Crippen LogP contribution in [0.25, 0.3) is 0 Å². The van der Waals surface area contributed by atoms with Crippen molar-refractivity contribution in [2.24, 2.45) is 0 Å². The molecule has 4 heteroatoms. The molecule has 0 aliphatic heterocycles. The van der Waals surface area contributed by atoms with Gasteiger partial charge in [-0.05, 0) is 34.9 Å². The molecule has 1 atom stereocenters. The second-order valence-electron chi connectivity index (χ2n) is 3.08. The molecule has 0 radical (unpaired) electrons. The van der Waals surface area contributed by atoms with E-state index in [1.165, 1.54) is 0 Å². The summed E-state index contributed by atoms with van der Waals surface area (Å²) in [7, 11) is 0. The number of nitrogens with zero attached hydrogens (tertiary/aromatic N) is 2. The van der Waals surface area contributed by atoms with Crippen molar-refractivity contribution in [2.45, 2.75) is 13.0 Å². The predicted molar refractivity (Wildman–Crippen MR) is 55.1 cm³/mol. The zero-order valence-corrected chi connectivity index (χ0v) is 8.53. The first-order chi connectivity index (χ1) is 6.77. The summed E-state index contributed by atoms with van der Waals surface area (Å²) in [5, 5.41) is 13.7. The van der Waals surface area contributed by atoms with Crippen molar-refractivity contribution in [3.05, 3.63) is 46.2 Å². The molecule has 0 bridgehead atoms. The zero-order valence-electron chi connectivity index (χ0n) is 7.71. The lowest BCUT2D eigenvalue weighted by atomic mass is 10.2. The van der Waals surface area contributed by atoms with Crippen LogP contribution in [0.5, 0.6) is 0 Å². The molecule has 14 heavy (non-hydrogen) atoms. The maximum atomic E-state index is 9.85. The van der Waals surface area contributed by atoms with E-state index >= 15 is 0 Å². The van der Waals surface area contributed by atoms with E-state index < -0.39 is 6.10 Å². The van der Waals surface area contributed by atoms with Gasteiger partial charge < -0.3 is 5.11 Å². The van der Waals surface area contributed by atoms with Crippen molar-refractivity contribution < 1.29 is 5.11 Å². The number of aliphatic hydroxyl groups excluding tert-OH is 1. The Morgan fingerprint density at radius 2 is 2.07 bits per heavy atom. The number of thiophene rings is 1. The molecule has 3 nitrogen and oxygen atoms in total. The predicted octanol–water partition coefficient (Wildman–Crippen LogP) is 1.93. The number of hydrogen-bond acceptors (Lipinski definition) is 4. The van der Waals surface area contributed by atoms with E-state index in [4.69, 9.17) is 0 Å². The van der Waals surface area contributed by atoms with E-state index in [9.17, 15) is 5.11 Å². The quantitative estimate of drug-likeness (QED) is 0.816. The third kappa shape index (κ3) is 1.81. The van der Waals surface area contributed by atoms with Crippen molar-refractivity contribution >= 4 is 11.3 Å². The van der Waals surface area contributed by atoms with Crippen LogP contribution in [-0.4, -0.2) is 15.1 Å². The molecule has 0 fully saturated rings. The Hall–Kier alpha value is -1.26. The number of aryl methyl sites for hydroxylation is 1. The number of aromatic nitrogens is 2. The van der Waals surface area contributed by atoms with Gasteiger partial charge in [0.1, 0.15) is 6.10 Å². The van der Waals surface area contributed by atoms with Crippen molar-refractivity contribution in [3.63, 3.8) is 0 Å². The SMILES string of the molecule is Cc1cnc(C(O)c2ccsc2)nc1. The molecular weight excluding hydrogens is 196 g/mol. The molecule has 2 rings (SSSR count). The minimum absolute atomic E-state index is 0.453. The summed E-state index contributed by atoms with van der Waals surface area (Å²) in [5.74, 6) is 0.453. The lowest BCUT2D eigenvalue weighted by molar-refractivity contribution is 0.210. The highest BCUT2D eigenvalue weighted by Gasteiger charge is 2.12. The number of hydrogen-bond donors (Lipinski definition) is 1. The molecule has 0 saturated carbocycles. The maximum absolute atomic E-state index is 9.85. The van der Waals surface area contributed by atoms with Crippen molar-refractivity contribution in [3.8, 4) is 0 Å². The molecule has 2 aromatic heterocycles. The monoisotopic (exact) mass is 206 g/mol. The smallest absolute Gasteiger partial charge is 0.161 e. The van der Waals surface area contributed by atoms with Gasteiger partial charge in [-0.3, -0.25) is 0 Å². The zero-order chi connectivity index (χ0) is 9.97. The molecule has 2 aromatic rings. The van der Waals surface area contributed by atoms with E-state index in [1.807, 2.05) is 23.8 Å². The Bertz CT molecular complexity index is 397. The normalized spacial score (nSPS) is 12.7. The molecule has 1 unspecified atom stereocenters. The topological polar surface area (TPSA) is 46.0 Å². The first-order valence-corrected chi connectivity index (χ1v) is 5.20. The summed E-state index contributed by atoms with van der Waals surface area (Å²) >= 11 is 1.55. The van der Waals surface area contributed by atoms with Crippen LogP contribution in [0.3, 0.4) is 0 Å². The van der Waals surface area contributed by atoms with E-state index in [1.54, 1.807) is 23.7 Å². The van der Waals surface area contributed by atoms with Gasteiger partial charge in [-0.25, -0.2) is 9.97 Å². The fraction of sp³-hybridized carbons (Fsp3) is 0.200. The van der Waals surface area contributed by atoms with Crippen LogP contribution in [-0.2, 0) is 0 Å². The second-order valence-corrected chi connectivity index (χ2v) is 3.86. The van der Waals surface area contributed by atoms with Crippen LogP contribution in [0, 0.1) is 6.92 Å². The summed E-state index contributed by atoms with van der Waals surface area (Å²) in [6.07, 6.45) is 2.71. The van der Waals surface area contributed by atoms with E-state index in [2.05, 4.69) is 9.97 Å². The third-order valence-electron chi connectivity index (χ3n) is 1.90. The van der Waals surface area contributed by atoms with Crippen molar-refractivity contribution in [1.29, 1.82) is 0 Å². The van der Waals surface area contributed by atoms with Gasteiger partial charge in [0.25, 0.3) is 0 Å². The first kappa shape index (κ1) is 9.30. The number of rotatable bonds is 2. The van der Waals surface area contributed by atoms with Crippen molar-refractivity contribution in [2.75, 3.05) is 0 Å². The van der Waals surface area contributed by atoms with Crippen LogP contribution in [0.1, 0.15) is 23.1 Å². The van der Waals surface area contributed by atoms with Crippen LogP contribution in [0.2, 0.25) is 0 Å². The molecule has 0 aliphatic carbocycles. The maximum Gasteiger partial charge on any atom is 0.161 e. The highest BCUT2D eigenvalue weighted by atomic mass is 32.1. The summed E-state index contributed by atoms with van der Waals surface area (Å²) in [6, 6.07) is 1.87.